The predicted octanol–water partition coefficient (Wildman–Crippen LogP) is 4.32. The third-order valence-electron chi connectivity index (χ3n) is 4.28. The molecule has 0 aromatic heterocycles. The minimum Gasteiger partial charge on any atom is -0.489 e. The fourth-order valence-electron chi connectivity index (χ4n) is 2.42. The fraction of sp³-hybridized carbons (Fsp3) is 0.381. The molecule has 0 fully saturated rings. The zero-order chi connectivity index (χ0) is 18.1. The van der Waals surface area contributed by atoms with Crippen LogP contribution in [0.15, 0.2) is 54.6 Å². The molecule has 0 bridgehead atoms. The third kappa shape index (κ3) is 6.24. The molecule has 1 N–H and O–H groups in total. The van der Waals surface area contributed by atoms with E-state index in [-0.39, 0.29) is 11.9 Å². The molecule has 0 aliphatic heterocycles. The minimum absolute atomic E-state index is 0.0107. The highest BCUT2D eigenvalue weighted by molar-refractivity contribution is 5.94. The van der Waals surface area contributed by atoms with E-state index < -0.39 is 0 Å². The molecule has 0 aliphatic rings. The summed E-state index contributed by atoms with van der Waals surface area (Å²) >= 11 is 0. The van der Waals surface area contributed by atoms with E-state index in [1.54, 1.807) is 0 Å². The topological polar surface area (TPSA) is 41.6 Å². The van der Waals surface area contributed by atoms with Crippen molar-refractivity contribution in [3.63, 3.8) is 0 Å². The average Bonchev–Trinajstić information content (AvgIpc) is 2.65. The number of hydrogen-bond acceptors (Lipinski definition) is 3. The molecule has 4 heteroatoms. The Morgan fingerprint density at radius 1 is 1.12 bits per heavy atom. The third-order valence-corrected chi connectivity index (χ3v) is 4.28. The van der Waals surface area contributed by atoms with E-state index in [0.717, 1.165) is 36.4 Å². The normalized spacial score (nSPS) is 12.0. The number of ether oxygens (including phenoxy) is 1. The van der Waals surface area contributed by atoms with Gasteiger partial charge in [0, 0.05) is 5.69 Å². The van der Waals surface area contributed by atoms with Crippen LogP contribution in [0.3, 0.4) is 0 Å². The number of rotatable bonds is 9. The van der Waals surface area contributed by atoms with Crippen LogP contribution in [0.2, 0.25) is 0 Å². The Bertz CT molecular complexity index is 641. The molecule has 0 aliphatic carbocycles. The number of anilines is 1. The molecular weight excluding hydrogens is 312 g/mol. The van der Waals surface area contributed by atoms with Gasteiger partial charge in [-0.05, 0) is 56.8 Å². The summed E-state index contributed by atoms with van der Waals surface area (Å²) in [5.74, 6) is 0.798. The summed E-state index contributed by atoms with van der Waals surface area (Å²) in [4.78, 5) is 14.4. The lowest BCUT2D eigenvalue weighted by molar-refractivity contribution is -0.120. The van der Waals surface area contributed by atoms with Gasteiger partial charge in [-0.15, -0.1) is 0 Å². The van der Waals surface area contributed by atoms with Crippen molar-refractivity contribution < 1.29 is 9.53 Å². The van der Waals surface area contributed by atoms with Crippen molar-refractivity contribution in [2.75, 3.05) is 18.9 Å². The lowest BCUT2D eigenvalue weighted by Gasteiger charge is -2.23. The second kappa shape index (κ2) is 9.84. The predicted molar refractivity (Wildman–Crippen MR) is 103 cm³/mol. The highest BCUT2D eigenvalue weighted by atomic mass is 16.5. The average molecular weight is 340 g/mol. The first kappa shape index (κ1) is 19.0. The summed E-state index contributed by atoms with van der Waals surface area (Å²) in [6.07, 6.45) is 2.23. The van der Waals surface area contributed by atoms with Crippen LogP contribution in [0.4, 0.5) is 5.69 Å². The Hall–Kier alpha value is -2.33. The first-order valence-corrected chi connectivity index (χ1v) is 8.88. The van der Waals surface area contributed by atoms with E-state index in [0.29, 0.717) is 6.61 Å². The summed E-state index contributed by atoms with van der Waals surface area (Å²) < 4.78 is 5.76. The number of carbonyl (C=O) groups excluding carboxylic acids is 1. The van der Waals surface area contributed by atoms with E-state index in [9.17, 15) is 4.79 Å². The Morgan fingerprint density at radius 3 is 2.44 bits per heavy atom. The van der Waals surface area contributed by atoms with Crippen LogP contribution in [0, 0.1) is 0 Å². The van der Waals surface area contributed by atoms with Gasteiger partial charge < -0.3 is 10.1 Å². The Labute approximate surface area is 150 Å². The molecule has 2 aromatic carbocycles. The Kier molecular flexibility index (Phi) is 7.48. The maximum absolute atomic E-state index is 12.3. The van der Waals surface area contributed by atoms with E-state index in [1.165, 1.54) is 0 Å². The lowest BCUT2D eigenvalue weighted by atomic mass is 10.2. The fourth-order valence-corrected chi connectivity index (χ4v) is 2.42. The SMILES string of the molecule is CCCCN(C)C(C)C(=O)Nc1ccc(OCc2ccccc2)cc1. The van der Waals surface area contributed by atoms with Crippen LogP contribution in [-0.2, 0) is 11.4 Å². The number of unbranched alkanes of at least 4 members (excludes halogenated alkanes) is 1. The smallest absolute Gasteiger partial charge is 0.241 e. The molecule has 2 aromatic rings. The van der Waals surface area contributed by atoms with Gasteiger partial charge in [0.25, 0.3) is 0 Å². The van der Waals surface area contributed by atoms with Gasteiger partial charge in [-0.2, -0.15) is 0 Å². The van der Waals surface area contributed by atoms with Gasteiger partial charge in [-0.1, -0.05) is 43.7 Å². The zero-order valence-corrected chi connectivity index (χ0v) is 15.4. The highest BCUT2D eigenvalue weighted by Gasteiger charge is 2.17. The molecule has 25 heavy (non-hydrogen) atoms. The minimum atomic E-state index is -0.152. The molecule has 0 spiro atoms. The van der Waals surface area contributed by atoms with Crippen molar-refractivity contribution in [3.8, 4) is 5.75 Å². The Balaban J connectivity index is 1.84. The number of nitrogens with one attached hydrogen (secondary N) is 1. The molecular formula is C21H28N2O2. The van der Waals surface area contributed by atoms with E-state index in [4.69, 9.17) is 4.74 Å². The van der Waals surface area contributed by atoms with Crippen LogP contribution in [0.25, 0.3) is 0 Å². The maximum atomic E-state index is 12.3. The van der Waals surface area contributed by atoms with Crippen molar-refractivity contribution >= 4 is 11.6 Å². The summed E-state index contributed by atoms with van der Waals surface area (Å²) in [7, 11) is 1.99. The van der Waals surface area contributed by atoms with Crippen LogP contribution >= 0.6 is 0 Å². The van der Waals surface area contributed by atoms with Gasteiger partial charge in [0.1, 0.15) is 12.4 Å². The Morgan fingerprint density at radius 2 is 1.80 bits per heavy atom. The zero-order valence-electron chi connectivity index (χ0n) is 15.4. The number of likely N-dealkylation sites (N-methyl/N-ethyl adjacent to an activating group) is 1. The molecule has 0 saturated carbocycles. The molecule has 1 amide bonds. The van der Waals surface area contributed by atoms with Crippen LogP contribution in [-0.4, -0.2) is 30.4 Å². The van der Waals surface area contributed by atoms with Crippen LogP contribution in [0.5, 0.6) is 5.75 Å². The van der Waals surface area contributed by atoms with E-state index in [2.05, 4.69) is 17.1 Å². The van der Waals surface area contributed by atoms with Gasteiger partial charge in [-0.25, -0.2) is 0 Å². The van der Waals surface area contributed by atoms with Gasteiger partial charge in [0.15, 0.2) is 0 Å². The van der Waals surface area contributed by atoms with Crippen molar-refractivity contribution in [2.45, 2.75) is 39.3 Å². The standard InChI is InChI=1S/C21H28N2O2/c1-4-5-15-23(3)17(2)21(24)22-19-11-13-20(14-12-19)25-16-18-9-7-6-8-10-18/h6-14,17H,4-5,15-16H2,1-3H3,(H,22,24). The van der Waals surface area contributed by atoms with E-state index in [1.807, 2.05) is 68.6 Å². The summed E-state index contributed by atoms with van der Waals surface area (Å²) in [5.41, 5.74) is 1.91. The second-order valence-corrected chi connectivity index (χ2v) is 6.30. The van der Waals surface area contributed by atoms with E-state index >= 15 is 0 Å². The van der Waals surface area contributed by atoms with Crippen LogP contribution < -0.4 is 10.1 Å². The maximum Gasteiger partial charge on any atom is 0.241 e. The molecule has 2 rings (SSSR count). The monoisotopic (exact) mass is 340 g/mol. The van der Waals surface area contributed by atoms with Gasteiger partial charge in [-0.3, -0.25) is 9.69 Å². The summed E-state index contributed by atoms with van der Waals surface area (Å²) in [5, 5.41) is 2.96. The molecule has 0 heterocycles. The van der Waals surface area contributed by atoms with Crippen molar-refractivity contribution in [1.29, 1.82) is 0 Å². The van der Waals surface area contributed by atoms with Gasteiger partial charge >= 0.3 is 0 Å². The van der Waals surface area contributed by atoms with Gasteiger partial charge in [0.2, 0.25) is 5.91 Å². The summed E-state index contributed by atoms with van der Waals surface area (Å²) in [6.45, 7) is 5.55. The second-order valence-electron chi connectivity index (χ2n) is 6.30. The number of carbonyl (C=O) groups is 1. The first-order chi connectivity index (χ1) is 12.1. The first-order valence-electron chi connectivity index (χ1n) is 8.88. The molecule has 1 unspecified atom stereocenters. The van der Waals surface area contributed by atoms with Crippen molar-refractivity contribution in [1.82, 2.24) is 4.90 Å². The summed E-state index contributed by atoms with van der Waals surface area (Å²) in [6, 6.07) is 17.4. The van der Waals surface area contributed by atoms with Crippen molar-refractivity contribution in [3.05, 3.63) is 60.2 Å². The molecule has 0 radical (unpaired) electrons. The lowest BCUT2D eigenvalue weighted by Crippen LogP contribution is -2.40. The molecule has 0 saturated heterocycles. The molecule has 134 valence electrons. The van der Waals surface area contributed by atoms with Crippen molar-refractivity contribution in [2.24, 2.45) is 0 Å². The molecule has 1 atom stereocenters. The van der Waals surface area contributed by atoms with Crippen LogP contribution in [0.1, 0.15) is 32.3 Å². The number of hydrogen-bond donors (Lipinski definition) is 1. The number of nitrogens with zero attached hydrogens (tertiary/aromatic N) is 1. The number of amides is 1. The molecule has 4 nitrogen and oxygen atoms in total. The number of benzene rings is 2. The van der Waals surface area contributed by atoms with Gasteiger partial charge in [0.05, 0.1) is 6.04 Å². The quantitative estimate of drug-likeness (QED) is 0.739. The largest absolute Gasteiger partial charge is 0.489 e. The highest BCUT2D eigenvalue weighted by Crippen LogP contribution is 2.17.